The summed E-state index contributed by atoms with van der Waals surface area (Å²) in [5.41, 5.74) is 0.453. The Labute approximate surface area is 102 Å². The van der Waals surface area contributed by atoms with E-state index >= 15 is 0 Å². The second kappa shape index (κ2) is 4.75. The highest BCUT2D eigenvalue weighted by Gasteiger charge is 2.25. The van der Waals surface area contributed by atoms with Gasteiger partial charge in [0.15, 0.2) is 0 Å². The Bertz CT molecular complexity index is 471. The first kappa shape index (κ1) is 14.1. The molecule has 0 spiro atoms. The molecule has 0 aliphatic heterocycles. The lowest BCUT2D eigenvalue weighted by atomic mass is 10.1. The number of H-pyrrole nitrogens is 1. The molecule has 0 aliphatic rings. The number of nitrogens with one attached hydrogen (secondary N) is 2. The topological polar surface area (TPSA) is 84.1 Å². The lowest BCUT2D eigenvalue weighted by Gasteiger charge is -2.23. The third-order valence-electron chi connectivity index (χ3n) is 2.57. The molecular formula is C10H19N3O3S. The first-order chi connectivity index (χ1) is 7.69. The third-order valence-corrected chi connectivity index (χ3v) is 4.23. The van der Waals surface area contributed by atoms with E-state index in [9.17, 15) is 8.42 Å². The van der Waals surface area contributed by atoms with Gasteiger partial charge in [-0.05, 0) is 27.7 Å². The molecule has 0 aromatic carbocycles. The molecule has 1 aromatic rings. The van der Waals surface area contributed by atoms with Gasteiger partial charge in [0.2, 0.25) is 10.0 Å². The molecule has 98 valence electrons. The SMILES string of the molecule is COC(C)(C)CNS(=O)(=O)c1c(C)n[nH]c1C. The smallest absolute Gasteiger partial charge is 0.244 e. The molecular weight excluding hydrogens is 242 g/mol. The van der Waals surface area contributed by atoms with Crippen LogP contribution in [0, 0.1) is 13.8 Å². The standard InChI is InChI=1S/C10H19N3O3S/c1-7-9(8(2)13-12-7)17(14,15)11-6-10(3,4)16-5/h11H,6H2,1-5H3,(H,12,13). The normalized spacial score (nSPS) is 13.0. The predicted molar refractivity (Wildman–Crippen MR) is 64.3 cm³/mol. The van der Waals surface area contributed by atoms with Crippen LogP contribution in [0.15, 0.2) is 4.90 Å². The van der Waals surface area contributed by atoms with Crippen molar-refractivity contribution in [3.8, 4) is 0 Å². The summed E-state index contributed by atoms with van der Waals surface area (Å²) in [4.78, 5) is 0.212. The Balaban J connectivity index is 2.91. The zero-order valence-corrected chi connectivity index (χ0v) is 11.6. The van der Waals surface area contributed by atoms with Crippen molar-refractivity contribution in [2.45, 2.75) is 38.2 Å². The van der Waals surface area contributed by atoms with E-state index in [1.54, 1.807) is 21.0 Å². The van der Waals surface area contributed by atoms with E-state index in [0.29, 0.717) is 11.4 Å². The molecule has 7 heteroatoms. The molecule has 0 amide bonds. The Morgan fingerprint density at radius 1 is 1.41 bits per heavy atom. The number of rotatable bonds is 5. The number of aromatic amines is 1. The Hall–Kier alpha value is -0.920. The minimum Gasteiger partial charge on any atom is -0.377 e. The van der Waals surface area contributed by atoms with Crippen molar-refractivity contribution in [2.24, 2.45) is 0 Å². The van der Waals surface area contributed by atoms with E-state index in [-0.39, 0.29) is 11.4 Å². The number of hydrogen-bond acceptors (Lipinski definition) is 4. The minimum atomic E-state index is -3.55. The van der Waals surface area contributed by atoms with Gasteiger partial charge in [-0.1, -0.05) is 0 Å². The van der Waals surface area contributed by atoms with Gasteiger partial charge in [0, 0.05) is 13.7 Å². The van der Waals surface area contributed by atoms with E-state index in [4.69, 9.17) is 4.74 Å². The summed E-state index contributed by atoms with van der Waals surface area (Å²) in [7, 11) is -2.00. The van der Waals surface area contributed by atoms with Crippen molar-refractivity contribution in [1.29, 1.82) is 0 Å². The summed E-state index contributed by atoms with van der Waals surface area (Å²) in [6.07, 6.45) is 0. The third kappa shape index (κ3) is 3.27. The monoisotopic (exact) mass is 261 g/mol. The average Bonchev–Trinajstić information content (AvgIpc) is 2.57. The van der Waals surface area contributed by atoms with Gasteiger partial charge in [0.05, 0.1) is 17.0 Å². The lowest BCUT2D eigenvalue weighted by Crippen LogP contribution is -2.39. The average molecular weight is 261 g/mol. The minimum absolute atomic E-state index is 0.204. The zero-order chi connectivity index (χ0) is 13.3. The Kier molecular flexibility index (Phi) is 3.95. The van der Waals surface area contributed by atoms with Crippen molar-refractivity contribution in [1.82, 2.24) is 14.9 Å². The van der Waals surface area contributed by atoms with Crippen LogP contribution in [0.4, 0.5) is 0 Å². The van der Waals surface area contributed by atoms with E-state index in [1.807, 2.05) is 13.8 Å². The van der Waals surface area contributed by atoms with Crippen molar-refractivity contribution in [3.63, 3.8) is 0 Å². The Morgan fingerprint density at radius 3 is 2.41 bits per heavy atom. The van der Waals surface area contributed by atoms with Gasteiger partial charge in [-0.3, -0.25) is 5.10 Å². The highest BCUT2D eigenvalue weighted by Crippen LogP contribution is 2.17. The molecule has 0 radical (unpaired) electrons. The number of sulfonamides is 1. The molecule has 0 fully saturated rings. The summed E-state index contributed by atoms with van der Waals surface area (Å²) in [6, 6.07) is 0. The molecule has 2 N–H and O–H groups in total. The van der Waals surface area contributed by atoms with Crippen molar-refractivity contribution < 1.29 is 13.2 Å². The Morgan fingerprint density at radius 2 is 2.00 bits per heavy atom. The van der Waals surface area contributed by atoms with Gasteiger partial charge < -0.3 is 4.74 Å². The van der Waals surface area contributed by atoms with Gasteiger partial charge in [0.1, 0.15) is 4.90 Å². The van der Waals surface area contributed by atoms with Crippen LogP contribution in [-0.2, 0) is 14.8 Å². The van der Waals surface area contributed by atoms with Crippen LogP contribution >= 0.6 is 0 Å². The van der Waals surface area contributed by atoms with Crippen LogP contribution < -0.4 is 4.72 Å². The molecule has 0 saturated heterocycles. The number of nitrogens with zero attached hydrogens (tertiary/aromatic N) is 1. The van der Waals surface area contributed by atoms with Crippen LogP contribution in [0.5, 0.6) is 0 Å². The quantitative estimate of drug-likeness (QED) is 0.818. The van der Waals surface area contributed by atoms with Gasteiger partial charge >= 0.3 is 0 Å². The summed E-state index contributed by atoms with van der Waals surface area (Å²) in [5, 5.41) is 6.53. The lowest BCUT2D eigenvalue weighted by molar-refractivity contribution is 0.0276. The molecule has 0 unspecified atom stereocenters. The second-order valence-electron chi connectivity index (χ2n) is 4.55. The molecule has 17 heavy (non-hydrogen) atoms. The van der Waals surface area contributed by atoms with Gasteiger partial charge in [-0.2, -0.15) is 5.10 Å². The molecule has 1 heterocycles. The van der Waals surface area contributed by atoms with Crippen molar-refractivity contribution >= 4 is 10.0 Å². The second-order valence-corrected chi connectivity index (χ2v) is 6.26. The fourth-order valence-corrected chi connectivity index (χ4v) is 2.91. The van der Waals surface area contributed by atoms with Gasteiger partial charge in [-0.25, -0.2) is 13.1 Å². The van der Waals surface area contributed by atoms with Crippen LogP contribution in [-0.4, -0.2) is 37.9 Å². The first-order valence-corrected chi connectivity index (χ1v) is 6.74. The van der Waals surface area contributed by atoms with Crippen LogP contribution in [0.2, 0.25) is 0 Å². The number of aromatic nitrogens is 2. The largest absolute Gasteiger partial charge is 0.377 e. The maximum absolute atomic E-state index is 12.1. The number of ether oxygens (including phenoxy) is 1. The maximum Gasteiger partial charge on any atom is 0.244 e. The van der Waals surface area contributed by atoms with E-state index in [0.717, 1.165) is 0 Å². The number of aryl methyl sites for hydroxylation is 2. The molecule has 0 aliphatic carbocycles. The number of methoxy groups -OCH3 is 1. The summed E-state index contributed by atoms with van der Waals surface area (Å²) in [5.74, 6) is 0. The highest BCUT2D eigenvalue weighted by molar-refractivity contribution is 7.89. The zero-order valence-electron chi connectivity index (χ0n) is 10.8. The highest BCUT2D eigenvalue weighted by atomic mass is 32.2. The maximum atomic E-state index is 12.1. The van der Waals surface area contributed by atoms with E-state index in [2.05, 4.69) is 14.9 Å². The van der Waals surface area contributed by atoms with E-state index < -0.39 is 15.6 Å². The predicted octanol–water partition coefficient (Wildman–Crippen LogP) is 0.730. The van der Waals surface area contributed by atoms with Crippen LogP contribution in [0.1, 0.15) is 25.2 Å². The van der Waals surface area contributed by atoms with Crippen LogP contribution in [0.25, 0.3) is 0 Å². The van der Waals surface area contributed by atoms with Crippen molar-refractivity contribution in [3.05, 3.63) is 11.4 Å². The molecule has 0 bridgehead atoms. The summed E-state index contributed by atoms with van der Waals surface area (Å²) in [6.45, 7) is 7.15. The number of hydrogen-bond donors (Lipinski definition) is 2. The molecule has 1 rings (SSSR count). The first-order valence-electron chi connectivity index (χ1n) is 5.26. The fourth-order valence-electron chi connectivity index (χ4n) is 1.35. The molecule has 6 nitrogen and oxygen atoms in total. The molecule has 1 aromatic heterocycles. The fraction of sp³-hybridized carbons (Fsp3) is 0.700. The van der Waals surface area contributed by atoms with Crippen molar-refractivity contribution in [2.75, 3.05) is 13.7 Å². The van der Waals surface area contributed by atoms with Gasteiger partial charge in [-0.15, -0.1) is 0 Å². The summed E-state index contributed by atoms with van der Waals surface area (Å²) >= 11 is 0. The van der Waals surface area contributed by atoms with Crippen LogP contribution in [0.3, 0.4) is 0 Å². The molecule has 0 saturated carbocycles. The van der Waals surface area contributed by atoms with Gasteiger partial charge in [0.25, 0.3) is 0 Å². The molecule has 0 atom stereocenters. The summed E-state index contributed by atoms with van der Waals surface area (Å²) < 4.78 is 31.8. The van der Waals surface area contributed by atoms with E-state index in [1.165, 1.54) is 0 Å².